The van der Waals surface area contributed by atoms with Gasteiger partial charge in [0.15, 0.2) is 0 Å². The van der Waals surface area contributed by atoms with Crippen molar-refractivity contribution in [2.24, 2.45) is 0 Å². The number of hydrogen-bond acceptors (Lipinski definition) is 2. The lowest BCUT2D eigenvalue weighted by molar-refractivity contribution is 0.627. The monoisotopic (exact) mass is 536 g/mol. The molecule has 6 aromatic carbocycles. The largest absolute Gasteiger partial charge is 0.399 e. The first kappa shape index (κ1) is 24.8. The maximum atomic E-state index is 13.7. The molecule has 41 heavy (non-hydrogen) atoms. The summed E-state index contributed by atoms with van der Waals surface area (Å²) in [4.78, 5) is 0. The van der Waals surface area contributed by atoms with Crippen LogP contribution in [-0.2, 0) is 5.41 Å². The highest BCUT2D eigenvalue weighted by atomic mass is 19.1. The van der Waals surface area contributed by atoms with Crippen molar-refractivity contribution in [3.63, 3.8) is 0 Å². The highest BCUT2D eigenvalue weighted by Gasteiger charge is 2.46. The highest BCUT2D eigenvalue weighted by molar-refractivity contribution is 5.91. The number of hydrogen-bond donors (Lipinski definition) is 2. The molecular formula is C37H26F2N2. The van der Waals surface area contributed by atoms with Gasteiger partial charge in [0.25, 0.3) is 0 Å². The summed E-state index contributed by atoms with van der Waals surface area (Å²) in [6, 6.07) is 42.2. The number of nitrogen functional groups attached to an aromatic ring is 2. The molecule has 4 heteroatoms. The van der Waals surface area contributed by atoms with Gasteiger partial charge in [-0.25, -0.2) is 8.78 Å². The normalized spacial score (nSPS) is 13.0. The molecule has 0 aromatic heterocycles. The van der Waals surface area contributed by atoms with Crippen molar-refractivity contribution in [3.8, 4) is 33.4 Å². The van der Waals surface area contributed by atoms with E-state index < -0.39 is 5.41 Å². The molecule has 0 unspecified atom stereocenters. The third-order valence-corrected chi connectivity index (χ3v) is 8.18. The molecule has 0 aliphatic heterocycles. The van der Waals surface area contributed by atoms with Crippen molar-refractivity contribution in [2.75, 3.05) is 11.5 Å². The number of halogens is 2. The Morgan fingerprint density at radius 2 is 0.732 bits per heavy atom. The van der Waals surface area contributed by atoms with Crippen LogP contribution in [0.5, 0.6) is 0 Å². The van der Waals surface area contributed by atoms with E-state index in [1.54, 1.807) is 24.3 Å². The molecule has 1 aliphatic rings. The second-order valence-corrected chi connectivity index (χ2v) is 10.5. The van der Waals surface area contributed by atoms with Crippen LogP contribution in [0.1, 0.15) is 22.3 Å². The van der Waals surface area contributed by atoms with Crippen LogP contribution in [-0.4, -0.2) is 0 Å². The predicted octanol–water partition coefficient (Wildman–Crippen LogP) is 8.83. The lowest BCUT2D eigenvalue weighted by Crippen LogP contribution is -2.28. The molecule has 0 heterocycles. The molecule has 198 valence electrons. The van der Waals surface area contributed by atoms with Gasteiger partial charge in [-0.3, -0.25) is 0 Å². The van der Waals surface area contributed by atoms with Gasteiger partial charge in [-0.15, -0.1) is 0 Å². The summed E-state index contributed by atoms with van der Waals surface area (Å²) >= 11 is 0. The number of fused-ring (bicyclic) bond motifs is 3. The standard InChI is InChI=1S/C37H26F2N2/c38-29-11-1-23(2-12-29)25-5-19-35-33(21-25)34-22-26(24-3-13-30(39)14-4-24)6-20-36(34)37(35,27-7-15-31(40)16-8-27)28-9-17-32(41)18-10-28/h1-22H,40-41H2. The van der Waals surface area contributed by atoms with E-state index in [0.717, 1.165) is 55.6 Å². The molecule has 0 saturated carbocycles. The number of nitrogens with two attached hydrogens (primary N) is 2. The average molecular weight is 537 g/mol. The van der Waals surface area contributed by atoms with Crippen molar-refractivity contribution in [1.29, 1.82) is 0 Å². The van der Waals surface area contributed by atoms with Gasteiger partial charge in [0.2, 0.25) is 0 Å². The molecule has 0 fully saturated rings. The van der Waals surface area contributed by atoms with Crippen LogP contribution in [0.25, 0.3) is 33.4 Å². The fourth-order valence-corrected chi connectivity index (χ4v) is 6.23. The Kier molecular flexibility index (Phi) is 5.72. The average Bonchev–Trinajstić information content (AvgIpc) is 3.28. The van der Waals surface area contributed by atoms with E-state index in [-0.39, 0.29) is 11.6 Å². The summed E-state index contributed by atoms with van der Waals surface area (Å²) in [5.41, 5.74) is 23.5. The Labute approximate surface area is 237 Å². The molecule has 0 saturated heterocycles. The van der Waals surface area contributed by atoms with Crippen molar-refractivity contribution in [2.45, 2.75) is 5.41 Å². The van der Waals surface area contributed by atoms with E-state index in [1.807, 2.05) is 24.3 Å². The van der Waals surface area contributed by atoms with Crippen LogP contribution in [0.3, 0.4) is 0 Å². The van der Waals surface area contributed by atoms with Crippen LogP contribution >= 0.6 is 0 Å². The highest BCUT2D eigenvalue weighted by Crippen LogP contribution is 2.57. The fourth-order valence-electron chi connectivity index (χ4n) is 6.23. The topological polar surface area (TPSA) is 52.0 Å². The second kappa shape index (κ2) is 9.46. The third kappa shape index (κ3) is 3.99. The minimum absolute atomic E-state index is 0.269. The van der Waals surface area contributed by atoms with Gasteiger partial charge in [-0.1, -0.05) is 72.8 Å². The SMILES string of the molecule is Nc1ccc(C2(c3ccc(N)cc3)c3ccc(-c4ccc(F)cc4)cc3-c3cc(-c4ccc(F)cc4)ccc32)cc1. The summed E-state index contributed by atoms with van der Waals surface area (Å²) in [6.45, 7) is 0. The molecule has 7 rings (SSSR count). The summed E-state index contributed by atoms with van der Waals surface area (Å²) in [5.74, 6) is -0.537. The quantitative estimate of drug-likeness (QED) is 0.221. The van der Waals surface area contributed by atoms with Gasteiger partial charge >= 0.3 is 0 Å². The van der Waals surface area contributed by atoms with Crippen LogP contribution in [0.4, 0.5) is 20.2 Å². The Morgan fingerprint density at radius 1 is 0.390 bits per heavy atom. The minimum Gasteiger partial charge on any atom is -0.399 e. The van der Waals surface area contributed by atoms with Gasteiger partial charge in [-0.2, -0.15) is 0 Å². The van der Waals surface area contributed by atoms with Crippen molar-refractivity contribution in [1.82, 2.24) is 0 Å². The summed E-state index contributed by atoms with van der Waals surface area (Å²) < 4.78 is 27.5. The Hall–Kier alpha value is -5.22. The zero-order chi connectivity index (χ0) is 28.1. The predicted molar refractivity (Wildman–Crippen MR) is 163 cm³/mol. The third-order valence-electron chi connectivity index (χ3n) is 8.18. The Morgan fingerprint density at radius 3 is 1.10 bits per heavy atom. The maximum absolute atomic E-state index is 13.7. The zero-order valence-corrected chi connectivity index (χ0v) is 22.1. The van der Waals surface area contributed by atoms with Crippen LogP contribution < -0.4 is 11.5 Å². The van der Waals surface area contributed by atoms with Crippen LogP contribution in [0, 0.1) is 11.6 Å². The number of benzene rings is 6. The van der Waals surface area contributed by atoms with Crippen LogP contribution in [0.15, 0.2) is 133 Å². The Bertz CT molecular complexity index is 1750. The molecule has 2 nitrogen and oxygen atoms in total. The van der Waals surface area contributed by atoms with Gasteiger partial charge in [-0.05, 0) is 116 Å². The first-order chi connectivity index (χ1) is 19.9. The van der Waals surface area contributed by atoms with Gasteiger partial charge in [0, 0.05) is 11.4 Å². The smallest absolute Gasteiger partial charge is 0.123 e. The van der Waals surface area contributed by atoms with E-state index in [0.29, 0.717) is 11.4 Å². The van der Waals surface area contributed by atoms with E-state index in [9.17, 15) is 8.78 Å². The number of anilines is 2. The molecule has 0 spiro atoms. The molecule has 4 N–H and O–H groups in total. The van der Waals surface area contributed by atoms with E-state index in [4.69, 9.17) is 11.5 Å². The second-order valence-electron chi connectivity index (χ2n) is 10.5. The lowest BCUT2D eigenvalue weighted by Gasteiger charge is -2.34. The van der Waals surface area contributed by atoms with E-state index in [2.05, 4.69) is 60.7 Å². The minimum atomic E-state index is -0.630. The van der Waals surface area contributed by atoms with Crippen molar-refractivity contribution < 1.29 is 8.78 Å². The summed E-state index contributed by atoms with van der Waals surface area (Å²) in [5, 5.41) is 0. The van der Waals surface area contributed by atoms with Crippen molar-refractivity contribution in [3.05, 3.63) is 167 Å². The molecule has 1 aliphatic carbocycles. The van der Waals surface area contributed by atoms with Gasteiger partial charge in [0.05, 0.1) is 5.41 Å². The summed E-state index contributed by atoms with van der Waals surface area (Å²) in [6.07, 6.45) is 0. The molecular weight excluding hydrogens is 510 g/mol. The zero-order valence-electron chi connectivity index (χ0n) is 22.1. The van der Waals surface area contributed by atoms with Crippen LogP contribution in [0.2, 0.25) is 0 Å². The maximum Gasteiger partial charge on any atom is 0.123 e. The lowest BCUT2D eigenvalue weighted by atomic mass is 9.67. The molecule has 0 bridgehead atoms. The van der Waals surface area contributed by atoms with Crippen molar-refractivity contribution >= 4 is 11.4 Å². The van der Waals surface area contributed by atoms with Gasteiger partial charge in [0.1, 0.15) is 11.6 Å². The molecule has 0 atom stereocenters. The number of rotatable bonds is 4. The fraction of sp³-hybridized carbons (Fsp3) is 0.0270. The molecule has 6 aromatic rings. The van der Waals surface area contributed by atoms with E-state index >= 15 is 0 Å². The molecule has 0 amide bonds. The van der Waals surface area contributed by atoms with E-state index in [1.165, 1.54) is 24.3 Å². The van der Waals surface area contributed by atoms with Gasteiger partial charge < -0.3 is 11.5 Å². The molecule has 0 radical (unpaired) electrons. The Balaban J connectivity index is 1.55. The first-order valence-electron chi connectivity index (χ1n) is 13.5. The summed E-state index contributed by atoms with van der Waals surface area (Å²) in [7, 11) is 0. The first-order valence-corrected chi connectivity index (χ1v) is 13.5.